The molecule has 0 radical (unpaired) electrons. The van der Waals surface area contributed by atoms with Crippen LogP contribution in [-0.2, 0) is 4.79 Å². The van der Waals surface area contributed by atoms with Gasteiger partial charge in [-0.2, -0.15) is 0 Å². The lowest BCUT2D eigenvalue weighted by Crippen LogP contribution is -2.56. The smallest absolute Gasteiger partial charge is 0.223 e. The van der Waals surface area contributed by atoms with Gasteiger partial charge in [0.1, 0.15) is 0 Å². The van der Waals surface area contributed by atoms with E-state index in [4.69, 9.17) is 5.73 Å². The molecule has 0 heterocycles. The lowest BCUT2D eigenvalue weighted by molar-refractivity contribution is -0.160. The molecule has 0 saturated heterocycles. The number of rotatable bonds is 5. The van der Waals surface area contributed by atoms with Crippen molar-refractivity contribution in [1.29, 1.82) is 0 Å². The first-order valence-corrected chi connectivity index (χ1v) is 8.79. The highest BCUT2D eigenvalue weighted by Gasteiger charge is 2.60. The quantitative estimate of drug-likeness (QED) is 0.846. The molecule has 3 nitrogen and oxygen atoms in total. The fourth-order valence-corrected chi connectivity index (χ4v) is 6.93. The Hall–Kier alpha value is -0.570. The summed E-state index contributed by atoms with van der Waals surface area (Å²) in [5, 5.41) is 0. The highest BCUT2D eigenvalue weighted by atomic mass is 16.2. The van der Waals surface area contributed by atoms with Crippen molar-refractivity contribution in [3.8, 4) is 0 Å². The highest BCUT2D eigenvalue weighted by molar-refractivity contribution is 5.77. The molecule has 0 spiro atoms. The van der Waals surface area contributed by atoms with Crippen LogP contribution in [0, 0.1) is 22.2 Å². The number of nitrogens with two attached hydrogens (primary N) is 1. The van der Waals surface area contributed by atoms with E-state index in [0.29, 0.717) is 35.2 Å². The third kappa shape index (κ3) is 2.74. The minimum Gasteiger partial charge on any atom is -0.342 e. The third-order valence-corrected chi connectivity index (χ3v) is 6.40. The van der Waals surface area contributed by atoms with Gasteiger partial charge >= 0.3 is 0 Å². The summed E-state index contributed by atoms with van der Waals surface area (Å²) >= 11 is 0. The van der Waals surface area contributed by atoms with Crippen molar-refractivity contribution < 1.29 is 4.79 Å². The summed E-state index contributed by atoms with van der Waals surface area (Å²) in [4.78, 5) is 14.7. The van der Waals surface area contributed by atoms with Gasteiger partial charge in [-0.1, -0.05) is 13.8 Å². The topological polar surface area (TPSA) is 46.3 Å². The molecular formula is C18H32N2O. The van der Waals surface area contributed by atoms with Crippen molar-refractivity contribution in [2.24, 2.45) is 27.9 Å². The van der Waals surface area contributed by atoms with E-state index in [1.165, 1.54) is 38.5 Å². The van der Waals surface area contributed by atoms with Crippen LogP contribution in [0.5, 0.6) is 0 Å². The first-order chi connectivity index (χ1) is 9.81. The standard InChI is InChI=1S/C18H32N2O/c1-4-20(6-5-19)15(21)10-18-9-14-7-16(2,12-18)11-17(3,8-14)13-18/h14H,4-13,19H2,1-3H3. The average Bonchev–Trinajstić information content (AvgIpc) is 2.30. The molecule has 2 atom stereocenters. The zero-order valence-corrected chi connectivity index (χ0v) is 14.1. The summed E-state index contributed by atoms with van der Waals surface area (Å²) in [5.74, 6) is 1.21. The van der Waals surface area contributed by atoms with E-state index in [-0.39, 0.29) is 0 Å². The molecule has 4 fully saturated rings. The molecule has 2 unspecified atom stereocenters. The van der Waals surface area contributed by atoms with Crippen LogP contribution in [0.4, 0.5) is 0 Å². The van der Waals surface area contributed by atoms with Crippen LogP contribution < -0.4 is 5.73 Å². The summed E-state index contributed by atoms with van der Waals surface area (Å²) in [6, 6.07) is 0. The first-order valence-electron chi connectivity index (χ1n) is 8.79. The van der Waals surface area contributed by atoms with Crippen molar-refractivity contribution in [3.63, 3.8) is 0 Å². The maximum atomic E-state index is 12.7. The second kappa shape index (κ2) is 4.97. The lowest BCUT2D eigenvalue weighted by atomic mass is 9.40. The molecule has 2 N–H and O–H groups in total. The highest BCUT2D eigenvalue weighted by Crippen LogP contribution is 2.70. The van der Waals surface area contributed by atoms with Crippen molar-refractivity contribution in [1.82, 2.24) is 4.90 Å². The summed E-state index contributed by atoms with van der Waals surface area (Å²) < 4.78 is 0. The number of amides is 1. The Morgan fingerprint density at radius 2 is 1.76 bits per heavy atom. The third-order valence-electron chi connectivity index (χ3n) is 6.40. The minimum absolute atomic E-state index is 0.294. The Balaban J connectivity index is 1.77. The van der Waals surface area contributed by atoms with Crippen LogP contribution in [0.15, 0.2) is 0 Å². The number of hydrogen-bond acceptors (Lipinski definition) is 2. The fraction of sp³-hybridized carbons (Fsp3) is 0.944. The van der Waals surface area contributed by atoms with Crippen LogP contribution in [0.1, 0.15) is 65.7 Å². The molecule has 4 bridgehead atoms. The van der Waals surface area contributed by atoms with E-state index < -0.39 is 0 Å². The van der Waals surface area contributed by atoms with Crippen LogP contribution in [-0.4, -0.2) is 30.4 Å². The van der Waals surface area contributed by atoms with E-state index in [2.05, 4.69) is 20.8 Å². The summed E-state index contributed by atoms with van der Waals surface area (Å²) in [6.45, 7) is 9.10. The molecule has 0 aromatic carbocycles. The zero-order chi connectivity index (χ0) is 15.3. The van der Waals surface area contributed by atoms with Gasteiger partial charge in [0.25, 0.3) is 0 Å². The summed E-state index contributed by atoms with van der Waals surface area (Å²) in [7, 11) is 0. The van der Waals surface area contributed by atoms with Gasteiger partial charge in [-0.3, -0.25) is 4.79 Å². The van der Waals surface area contributed by atoms with E-state index in [1.54, 1.807) is 0 Å². The maximum absolute atomic E-state index is 12.7. The van der Waals surface area contributed by atoms with Crippen molar-refractivity contribution in [2.75, 3.05) is 19.6 Å². The van der Waals surface area contributed by atoms with Gasteiger partial charge in [0, 0.05) is 26.1 Å². The molecule has 0 aliphatic heterocycles. The Labute approximate surface area is 129 Å². The van der Waals surface area contributed by atoms with E-state index in [9.17, 15) is 4.79 Å². The summed E-state index contributed by atoms with van der Waals surface area (Å²) in [6.07, 6.45) is 8.80. The van der Waals surface area contributed by atoms with Crippen molar-refractivity contribution >= 4 is 5.91 Å². The lowest BCUT2D eigenvalue weighted by Gasteiger charge is -2.65. The Morgan fingerprint density at radius 3 is 2.24 bits per heavy atom. The largest absolute Gasteiger partial charge is 0.342 e. The average molecular weight is 292 g/mol. The van der Waals surface area contributed by atoms with Gasteiger partial charge in [0.05, 0.1) is 0 Å². The van der Waals surface area contributed by atoms with E-state index >= 15 is 0 Å². The Kier molecular flexibility index (Phi) is 3.63. The van der Waals surface area contributed by atoms with Crippen LogP contribution in [0.3, 0.4) is 0 Å². The predicted molar refractivity (Wildman–Crippen MR) is 85.8 cm³/mol. The van der Waals surface area contributed by atoms with Gasteiger partial charge in [0.15, 0.2) is 0 Å². The van der Waals surface area contributed by atoms with Crippen LogP contribution in [0.2, 0.25) is 0 Å². The van der Waals surface area contributed by atoms with Gasteiger partial charge in [-0.05, 0) is 67.6 Å². The van der Waals surface area contributed by atoms with Crippen LogP contribution in [0.25, 0.3) is 0 Å². The number of nitrogens with zero attached hydrogens (tertiary/aromatic N) is 1. The monoisotopic (exact) mass is 292 g/mol. The molecule has 4 aliphatic rings. The number of carbonyl (C=O) groups is 1. The van der Waals surface area contributed by atoms with Crippen molar-refractivity contribution in [3.05, 3.63) is 0 Å². The fourth-order valence-electron chi connectivity index (χ4n) is 6.93. The van der Waals surface area contributed by atoms with Gasteiger partial charge in [0.2, 0.25) is 5.91 Å². The first kappa shape index (κ1) is 15.3. The second-order valence-corrected chi connectivity index (χ2v) is 9.07. The number of carbonyl (C=O) groups excluding carboxylic acids is 1. The Bertz CT molecular complexity index is 415. The van der Waals surface area contributed by atoms with Crippen molar-refractivity contribution in [2.45, 2.75) is 65.7 Å². The van der Waals surface area contributed by atoms with E-state index in [0.717, 1.165) is 18.9 Å². The molecular weight excluding hydrogens is 260 g/mol. The molecule has 21 heavy (non-hydrogen) atoms. The second-order valence-electron chi connectivity index (χ2n) is 9.07. The SMILES string of the molecule is CCN(CCN)C(=O)CC12CC3CC(C)(CC(C)(C3)C1)C2. The molecule has 3 heteroatoms. The van der Waals surface area contributed by atoms with E-state index in [1.807, 2.05) is 4.90 Å². The van der Waals surface area contributed by atoms with Gasteiger partial charge < -0.3 is 10.6 Å². The number of hydrogen-bond donors (Lipinski definition) is 1. The normalized spacial score (nSPS) is 44.1. The van der Waals surface area contributed by atoms with Gasteiger partial charge in [-0.15, -0.1) is 0 Å². The zero-order valence-electron chi connectivity index (χ0n) is 14.1. The molecule has 0 aromatic rings. The molecule has 1 amide bonds. The van der Waals surface area contributed by atoms with Crippen LogP contribution >= 0.6 is 0 Å². The molecule has 0 aromatic heterocycles. The van der Waals surface area contributed by atoms with Gasteiger partial charge in [-0.25, -0.2) is 0 Å². The predicted octanol–water partition coefficient (Wildman–Crippen LogP) is 3.18. The molecule has 4 saturated carbocycles. The molecule has 4 rings (SSSR count). The maximum Gasteiger partial charge on any atom is 0.223 e. The Morgan fingerprint density at radius 1 is 1.14 bits per heavy atom. The molecule has 4 aliphatic carbocycles. The number of likely N-dealkylation sites (N-methyl/N-ethyl adjacent to an activating group) is 1. The molecule has 120 valence electrons. The summed E-state index contributed by atoms with van der Waals surface area (Å²) in [5.41, 5.74) is 6.94. The minimum atomic E-state index is 0.294.